The molecule has 0 atom stereocenters. The number of carboxylic acids is 1. The summed E-state index contributed by atoms with van der Waals surface area (Å²) in [6.45, 7) is 2.96. The third-order valence-electron chi connectivity index (χ3n) is 10.8. The number of aromatic carboxylic acids is 1. The van der Waals surface area contributed by atoms with E-state index in [1.165, 1.54) is 14.7 Å². The molecule has 0 aliphatic carbocycles. The van der Waals surface area contributed by atoms with Crippen LogP contribution in [0.2, 0.25) is 0 Å². The van der Waals surface area contributed by atoms with Crippen molar-refractivity contribution in [2.75, 3.05) is 6.61 Å². The van der Waals surface area contributed by atoms with Crippen LogP contribution in [-0.2, 0) is 10.9 Å². The van der Waals surface area contributed by atoms with Crippen molar-refractivity contribution in [3.63, 3.8) is 0 Å². The van der Waals surface area contributed by atoms with Crippen LogP contribution < -0.4 is 24.1 Å². The highest BCUT2D eigenvalue weighted by molar-refractivity contribution is 7.97. The minimum Gasteiger partial charge on any atom is -0.545 e. The molecule has 0 saturated heterocycles. The lowest BCUT2D eigenvalue weighted by Gasteiger charge is -2.24. The Morgan fingerprint density at radius 1 is 0.388 bits per heavy atom. The first kappa shape index (κ1) is 59.0. The van der Waals surface area contributed by atoms with Crippen LogP contribution in [0.25, 0.3) is 11.1 Å². The standard InChI is InChI=1S/C31H2F20O5.C22H23OS/c32-6-5(7(33)9(35)10(36)8(6)34)4-2(31(52)53)1-3(54-28-20(46)14(40)11(37)15(41)21(28)47)26(55-29-22(48)16(42)12(38)17(43)23(29)49)27(4)56-30-24(50)18(44)13(39)19(45)25(30)51;1-2-3-18-23-21-16-10-11-17-22(21)24(19-12-6-4-7-13-19)20-14-8-5-9-15-20/h1H,(H,52,53);4-17H,2-3,18H2,1H3/q;+1/p-1. The average molecular weight is 1170 g/mol. The van der Waals surface area contributed by atoms with Crippen LogP contribution in [0.5, 0.6) is 40.2 Å². The van der Waals surface area contributed by atoms with Crippen molar-refractivity contribution >= 4 is 16.9 Å². The molecule has 0 aromatic heterocycles. The maximum Gasteiger partial charge on any atom is 0.213 e. The van der Waals surface area contributed by atoms with Gasteiger partial charge >= 0.3 is 0 Å². The van der Waals surface area contributed by atoms with E-state index >= 15 is 8.78 Å². The maximum absolute atomic E-state index is 15.2. The second kappa shape index (κ2) is 24.2. The lowest BCUT2D eigenvalue weighted by molar-refractivity contribution is -0.255. The Balaban J connectivity index is 0.000000319. The first-order valence-corrected chi connectivity index (χ1v) is 23.2. The molecule has 0 spiro atoms. The number of carbonyl (C=O) groups excluding carboxylic acids is 1. The zero-order valence-electron chi connectivity index (χ0n) is 39.2. The molecule has 6 nitrogen and oxygen atoms in total. The quantitative estimate of drug-likeness (QED) is 0.0335. The Hall–Kier alpha value is -8.62. The van der Waals surface area contributed by atoms with Gasteiger partial charge in [-0.3, -0.25) is 0 Å². The number of ether oxygens (including phenoxy) is 4. The van der Waals surface area contributed by atoms with Crippen molar-refractivity contribution in [3.8, 4) is 51.4 Å². The number of para-hydroxylation sites is 1. The zero-order valence-corrected chi connectivity index (χ0v) is 40.0. The van der Waals surface area contributed by atoms with E-state index in [0.717, 1.165) is 25.2 Å². The highest BCUT2D eigenvalue weighted by Crippen LogP contribution is 2.55. The van der Waals surface area contributed by atoms with E-state index in [0.29, 0.717) is 0 Å². The van der Waals surface area contributed by atoms with E-state index in [2.05, 4.69) is 106 Å². The van der Waals surface area contributed by atoms with Gasteiger partial charge in [0, 0.05) is 11.1 Å². The van der Waals surface area contributed by atoms with Crippen LogP contribution in [0.15, 0.2) is 106 Å². The van der Waals surface area contributed by atoms with Gasteiger partial charge in [-0.15, -0.1) is 0 Å². The molecule has 0 bridgehead atoms. The molecule has 0 radical (unpaired) electrons. The Kier molecular flexibility index (Phi) is 17.8. The monoisotopic (exact) mass is 1170 g/mol. The van der Waals surface area contributed by atoms with Crippen LogP contribution in [0.4, 0.5) is 87.8 Å². The number of hydrogen-bond donors (Lipinski definition) is 0. The smallest absolute Gasteiger partial charge is 0.213 e. The van der Waals surface area contributed by atoms with Gasteiger partial charge < -0.3 is 28.8 Å². The van der Waals surface area contributed by atoms with Gasteiger partial charge in [0.05, 0.1) is 18.1 Å². The number of unbranched alkanes of at least 4 members (excludes halogenated alkanes) is 1. The Bertz CT molecular complexity index is 3570. The van der Waals surface area contributed by atoms with E-state index in [9.17, 15) is 88.9 Å². The SMILES string of the molecule is CCCCOc1ccccc1[S+](c1ccccc1)c1ccccc1.O=C([O-])c1cc(Oc2c(F)c(F)c(F)c(F)c2F)c(Oc2c(F)c(F)c(F)c(F)c2F)c(Oc2c(F)c(F)c(F)c(F)c2F)c1-c1c(F)c(F)c(F)c(F)c1F. The minimum absolute atomic E-state index is 0.157. The summed E-state index contributed by atoms with van der Waals surface area (Å²) in [4.78, 5) is 16.2. The van der Waals surface area contributed by atoms with Gasteiger partial charge in [0.2, 0.25) is 121 Å². The van der Waals surface area contributed by atoms with Crippen molar-refractivity contribution in [2.24, 2.45) is 0 Å². The number of hydrogen-bond acceptors (Lipinski definition) is 6. The van der Waals surface area contributed by atoms with E-state index in [4.69, 9.17) is 4.74 Å². The van der Waals surface area contributed by atoms with Crippen molar-refractivity contribution in [2.45, 2.75) is 34.5 Å². The molecule has 0 amide bonds. The van der Waals surface area contributed by atoms with Crippen molar-refractivity contribution in [1.82, 2.24) is 0 Å². The number of carboxylic acid groups (broad SMARTS) is 1. The lowest BCUT2D eigenvalue weighted by Crippen LogP contribution is -2.24. The first-order valence-electron chi connectivity index (χ1n) is 22.0. The highest BCUT2D eigenvalue weighted by Gasteiger charge is 2.39. The number of halogens is 20. The molecule has 27 heteroatoms. The van der Waals surface area contributed by atoms with Crippen LogP contribution in [0, 0.1) is 116 Å². The topological polar surface area (TPSA) is 77.1 Å². The number of carbonyl (C=O) groups is 1. The summed E-state index contributed by atoms with van der Waals surface area (Å²) < 4.78 is 308. The summed E-state index contributed by atoms with van der Waals surface area (Å²) in [5.41, 5.74) is -7.70. The maximum atomic E-state index is 15.2. The first-order chi connectivity index (χ1) is 37.9. The summed E-state index contributed by atoms with van der Waals surface area (Å²) in [5.74, 6) is -80.2. The van der Waals surface area contributed by atoms with Crippen LogP contribution in [-0.4, -0.2) is 12.6 Å². The zero-order chi connectivity index (χ0) is 58.8. The van der Waals surface area contributed by atoms with Gasteiger partial charge in [0.1, 0.15) is 10.9 Å². The number of rotatable bonds is 15. The van der Waals surface area contributed by atoms with Crippen LogP contribution >= 0.6 is 0 Å². The summed E-state index contributed by atoms with van der Waals surface area (Å²) in [5, 5.41) is 12.3. The fourth-order valence-electron chi connectivity index (χ4n) is 7.02. The van der Waals surface area contributed by atoms with Gasteiger partial charge in [-0.25, -0.2) is 61.5 Å². The Labute approximate surface area is 437 Å². The summed E-state index contributed by atoms with van der Waals surface area (Å²) in [6, 6.07) is 29.2. The van der Waals surface area contributed by atoms with Gasteiger partial charge in [-0.2, -0.15) is 26.3 Å². The molecule has 80 heavy (non-hydrogen) atoms. The fourth-order valence-corrected chi connectivity index (χ4v) is 9.21. The molecule has 0 aliphatic rings. The predicted octanol–water partition coefficient (Wildman–Crippen LogP) is 15.8. The predicted molar refractivity (Wildman–Crippen MR) is 237 cm³/mol. The van der Waals surface area contributed by atoms with Crippen LogP contribution in [0.1, 0.15) is 30.1 Å². The summed E-state index contributed by atoms with van der Waals surface area (Å²) >= 11 is 0. The lowest BCUT2D eigenvalue weighted by atomic mass is 9.95. The van der Waals surface area contributed by atoms with E-state index in [1.54, 1.807) is 0 Å². The van der Waals surface area contributed by atoms with Gasteiger partial charge in [-0.1, -0.05) is 61.9 Å². The molecule has 0 saturated carbocycles. The molecule has 0 N–H and O–H groups in total. The van der Waals surface area contributed by atoms with Crippen molar-refractivity contribution in [3.05, 3.63) is 213 Å². The average Bonchev–Trinajstić information content (AvgIpc) is 3.50. The molecular formula is C53H24F20O6S. The molecule has 0 aliphatic heterocycles. The second-order valence-corrected chi connectivity index (χ2v) is 17.8. The molecule has 0 heterocycles. The van der Waals surface area contributed by atoms with Crippen LogP contribution in [0.3, 0.4) is 0 Å². The third-order valence-corrected chi connectivity index (χ3v) is 13.1. The Morgan fingerprint density at radius 3 is 1.11 bits per heavy atom. The normalized spacial score (nSPS) is 11.2. The molecule has 418 valence electrons. The summed E-state index contributed by atoms with van der Waals surface area (Å²) in [7, 11) is -0.157. The molecule has 8 rings (SSSR count). The molecule has 8 aromatic rings. The largest absolute Gasteiger partial charge is 0.545 e. The Morgan fingerprint density at radius 2 is 0.725 bits per heavy atom. The van der Waals surface area contributed by atoms with E-state index in [1.807, 2.05) is 0 Å². The molecule has 0 unspecified atom stereocenters. The van der Waals surface area contributed by atoms with E-state index < -0.39 is 180 Å². The van der Waals surface area contributed by atoms with Gasteiger partial charge in [0.25, 0.3) is 0 Å². The van der Waals surface area contributed by atoms with E-state index in [-0.39, 0.29) is 10.9 Å². The molecule has 0 fully saturated rings. The third kappa shape index (κ3) is 11.0. The highest BCUT2D eigenvalue weighted by atomic mass is 32.2. The molecular weight excluding hydrogens is 1140 g/mol. The second-order valence-electron chi connectivity index (χ2n) is 15.8. The van der Waals surface area contributed by atoms with Crippen molar-refractivity contribution < 1.29 is 117 Å². The van der Waals surface area contributed by atoms with Crippen molar-refractivity contribution in [1.29, 1.82) is 0 Å². The fraction of sp³-hybridized carbons (Fsp3) is 0.0755. The summed E-state index contributed by atoms with van der Waals surface area (Å²) in [6.07, 6.45) is 2.23. The number of benzene rings is 8. The van der Waals surface area contributed by atoms with Gasteiger partial charge in [0.15, 0.2) is 50.3 Å². The van der Waals surface area contributed by atoms with Gasteiger partial charge in [-0.05, 0) is 48.9 Å². The minimum atomic E-state index is -3.17. The molecule has 8 aromatic carbocycles.